The molecule has 0 heterocycles. The summed E-state index contributed by atoms with van der Waals surface area (Å²) in [5.74, 6) is 0.890. The summed E-state index contributed by atoms with van der Waals surface area (Å²) in [6, 6.07) is 0. The van der Waals surface area contributed by atoms with Crippen molar-refractivity contribution in [2.75, 3.05) is 0 Å². The second-order valence-electron chi connectivity index (χ2n) is 8.40. The van der Waals surface area contributed by atoms with Crippen molar-refractivity contribution in [2.45, 2.75) is 93.4 Å². The predicted molar refractivity (Wildman–Crippen MR) is 101 cm³/mol. The topological polar surface area (TPSA) is 0 Å². The summed E-state index contributed by atoms with van der Waals surface area (Å²) in [4.78, 5) is 0. The molecule has 1 aliphatic rings. The van der Waals surface area contributed by atoms with E-state index in [-0.39, 0.29) is 0 Å². The van der Waals surface area contributed by atoms with E-state index < -0.39 is 0 Å². The highest BCUT2D eigenvalue weighted by Crippen LogP contribution is 2.41. The van der Waals surface area contributed by atoms with Gasteiger partial charge in [-0.3, -0.25) is 0 Å². The summed E-state index contributed by atoms with van der Waals surface area (Å²) in [6.07, 6.45) is 9.26. The van der Waals surface area contributed by atoms with Crippen LogP contribution in [0.25, 0.3) is 0 Å². The molecule has 0 aromatic rings. The predicted octanol–water partition coefficient (Wildman–Crippen LogP) is 7.62. The molecule has 0 spiro atoms. The van der Waals surface area contributed by atoms with Gasteiger partial charge in [-0.15, -0.1) is 0 Å². The van der Waals surface area contributed by atoms with Crippen LogP contribution in [0.5, 0.6) is 0 Å². The van der Waals surface area contributed by atoms with Crippen LogP contribution in [0.1, 0.15) is 93.4 Å². The molecule has 0 aromatic carbocycles. The van der Waals surface area contributed by atoms with Crippen LogP contribution in [0.15, 0.2) is 34.4 Å². The fourth-order valence-corrected chi connectivity index (χ4v) is 3.97. The van der Waals surface area contributed by atoms with Gasteiger partial charge in [0.2, 0.25) is 0 Å². The van der Waals surface area contributed by atoms with Crippen molar-refractivity contribution < 1.29 is 0 Å². The minimum absolute atomic E-state index is 0.573. The number of hydrogen-bond acceptors (Lipinski definition) is 0. The minimum Gasteiger partial charge on any atom is -0.0955 e. The molecule has 1 rings (SSSR count). The SMILES string of the molecule is C=C(C)C(=C(/C)CCC)/C(C)=C(\C)CC1CCC(C)(C)CC1. The average molecular weight is 303 g/mol. The molecule has 126 valence electrons. The van der Waals surface area contributed by atoms with E-state index in [9.17, 15) is 0 Å². The first-order chi connectivity index (χ1) is 10.2. The van der Waals surface area contributed by atoms with E-state index in [0.717, 1.165) is 5.92 Å². The highest BCUT2D eigenvalue weighted by molar-refractivity contribution is 5.48. The summed E-state index contributed by atoms with van der Waals surface area (Å²) in [7, 11) is 0. The second kappa shape index (κ2) is 8.18. The van der Waals surface area contributed by atoms with E-state index in [2.05, 4.69) is 55.0 Å². The third-order valence-corrected chi connectivity index (χ3v) is 5.55. The molecule has 0 aliphatic heterocycles. The van der Waals surface area contributed by atoms with E-state index >= 15 is 0 Å². The Morgan fingerprint density at radius 2 is 1.55 bits per heavy atom. The Bertz CT molecular complexity index is 446. The van der Waals surface area contributed by atoms with Gasteiger partial charge in [-0.2, -0.15) is 0 Å². The number of rotatable bonds is 6. The third kappa shape index (κ3) is 5.45. The molecule has 0 amide bonds. The van der Waals surface area contributed by atoms with Crippen molar-refractivity contribution in [1.82, 2.24) is 0 Å². The van der Waals surface area contributed by atoms with Gasteiger partial charge in [-0.05, 0) is 88.7 Å². The number of hydrogen-bond donors (Lipinski definition) is 0. The minimum atomic E-state index is 0.573. The van der Waals surface area contributed by atoms with Crippen molar-refractivity contribution in [3.8, 4) is 0 Å². The van der Waals surface area contributed by atoms with Crippen molar-refractivity contribution in [2.24, 2.45) is 11.3 Å². The highest BCUT2D eigenvalue weighted by Gasteiger charge is 2.27. The van der Waals surface area contributed by atoms with Gasteiger partial charge in [0.05, 0.1) is 0 Å². The fourth-order valence-electron chi connectivity index (χ4n) is 3.97. The zero-order valence-electron chi connectivity index (χ0n) is 16.2. The van der Waals surface area contributed by atoms with Gasteiger partial charge in [-0.1, -0.05) is 50.5 Å². The van der Waals surface area contributed by atoms with E-state index in [1.807, 2.05) is 0 Å². The lowest BCUT2D eigenvalue weighted by Crippen LogP contribution is -2.21. The molecule has 0 saturated heterocycles. The summed E-state index contributed by atoms with van der Waals surface area (Å²) in [6.45, 7) is 20.4. The number of allylic oxidation sites excluding steroid dienone is 5. The van der Waals surface area contributed by atoms with Gasteiger partial charge < -0.3 is 0 Å². The van der Waals surface area contributed by atoms with Crippen LogP contribution in [0.3, 0.4) is 0 Å². The molecular weight excluding hydrogens is 264 g/mol. The Labute approximate surface area is 139 Å². The van der Waals surface area contributed by atoms with Gasteiger partial charge in [0, 0.05) is 0 Å². The average Bonchev–Trinajstić information content (AvgIpc) is 2.41. The molecule has 0 bridgehead atoms. The summed E-state index contributed by atoms with van der Waals surface area (Å²) in [5, 5.41) is 0. The van der Waals surface area contributed by atoms with Crippen LogP contribution in [0.4, 0.5) is 0 Å². The van der Waals surface area contributed by atoms with Crippen LogP contribution in [-0.4, -0.2) is 0 Å². The van der Waals surface area contributed by atoms with Gasteiger partial charge in [0.15, 0.2) is 0 Å². The summed E-state index contributed by atoms with van der Waals surface area (Å²) >= 11 is 0. The maximum atomic E-state index is 4.24. The third-order valence-electron chi connectivity index (χ3n) is 5.55. The van der Waals surface area contributed by atoms with Crippen molar-refractivity contribution in [1.29, 1.82) is 0 Å². The molecule has 0 radical (unpaired) electrons. The molecule has 0 unspecified atom stereocenters. The first-order valence-electron chi connectivity index (χ1n) is 9.20. The summed E-state index contributed by atoms with van der Waals surface area (Å²) < 4.78 is 0. The standard InChI is InChI=1S/C22H38/c1-9-10-17(4)21(16(2)3)19(6)18(5)15-20-11-13-22(7,8)14-12-20/h20H,2,9-15H2,1,3-8H3/b19-18+,21-17+. The molecule has 1 saturated carbocycles. The second-order valence-corrected chi connectivity index (χ2v) is 8.40. The monoisotopic (exact) mass is 302 g/mol. The van der Waals surface area contributed by atoms with Crippen LogP contribution in [0, 0.1) is 11.3 Å². The molecular formula is C22H38. The van der Waals surface area contributed by atoms with Crippen LogP contribution >= 0.6 is 0 Å². The molecule has 0 nitrogen and oxygen atoms in total. The van der Waals surface area contributed by atoms with E-state index in [1.54, 1.807) is 5.57 Å². The molecule has 0 heteroatoms. The maximum Gasteiger partial charge on any atom is -0.0215 e. The van der Waals surface area contributed by atoms with Crippen LogP contribution in [0.2, 0.25) is 0 Å². The largest absolute Gasteiger partial charge is 0.0955 e. The quantitative estimate of drug-likeness (QED) is 0.442. The Morgan fingerprint density at radius 3 is 2.00 bits per heavy atom. The van der Waals surface area contributed by atoms with E-state index in [1.165, 1.54) is 67.2 Å². The smallest absolute Gasteiger partial charge is 0.0215 e. The Morgan fingerprint density at radius 1 is 1.00 bits per heavy atom. The first kappa shape index (κ1) is 19.3. The zero-order chi connectivity index (χ0) is 16.9. The van der Waals surface area contributed by atoms with Gasteiger partial charge >= 0.3 is 0 Å². The normalized spacial score (nSPS) is 21.2. The summed E-state index contributed by atoms with van der Waals surface area (Å²) in [5.41, 5.74) is 7.82. The van der Waals surface area contributed by atoms with E-state index in [4.69, 9.17) is 0 Å². The Hall–Kier alpha value is -0.780. The molecule has 0 atom stereocenters. The van der Waals surface area contributed by atoms with E-state index in [0.29, 0.717) is 5.41 Å². The van der Waals surface area contributed by atoms with Crippen molar-refractivity contribution in [3.63, 3.8) is 0 Å². The lowest BCUT2D eigenvalue weighted by molar-refractivity contribution is 0.190. The molecule has 0 N–H and O–H groups in total. The van der Waals surface area contributed by atoms with Gasteiger partial charge in [0.25, 0.3) is 0 Å². The lowest BCUT2D eigenvalue weighted by Gasteiger charge is -2.34. The van der Waals surface area contributed by atoms with Gasteiger partial charge in [-0.25, -0.2) is 0 Å². The van der Waals surface area contributed by atoms with Gasteiger partial charge in [0.1, 0.15) is 0 Å². The fraction of sp³-hybridized carbons (Fsp3) is 0.727. The first-order valence-corrected chi connectivity index (χ1v) is 9.20. The van der Waals surface area contributed by atoms with Crippen molar-refractivity contribution in [3.05, 3.63) is 34.4 Å². The lowest BCUT2D eigenvalue weighted by atomic mass is 9.71. The maximum absolute atomic E-state index is 4.24. The Kier molecular flexibility index (Phi) is 7.16. The van der Waals surface area contributed by atoms with Crippen LogP contribution < -0.4 is 0 Å². The zero-order valence-corrected chi connectivity index (χ0v) is 16.2. The molecule has 1 aliphatic carbocycles. The molecule has 22 heavy (non-hydrogen) atoms. The van der Waals surface area contributed by atoms with Crippen LogP contribution in [-0.2, 0) is 0 Å². The van der Waals surface area contributed by atoms with Crippen molar-refractivity contribution >= 4 is 0 Å². The molecule has 0 aromatic heterocycles. The highest BCUT2D eigenvalue weighted by atomic mass is 14.3. The Balaban J connectivity index is 2.87. The molecule has 1 fully saturated rings.